The fourth-order valence-corrected chi connectivity index (χ4v) is 2.19. The largest absolute Gasteiger partial charge is 0.423 e. The highest BCUT2D eigenvalue weighted by Gasteiger charge is 2.15. The van der Waals surface area contributed by atoms with Crippen LogP contribution in [0.1, 0.15) is 5.56 Å². The summed E-state index contributed by atoms with van der Waals surface area (Å²) >= 11 is 5.89. The lowest BCUT2D eigenvalue weighted by molar-refractivity contribution is -0.385. The van der Waals surface area contributed by atoms with Crippen LogP contribution in [0, 0.1) is 17.0 Å². The van der Waals surface area contributed by atoms with Crippen molar-refractivity contribution >= 4 is 40.1 Å². The monoisotopic (exact) mass is 303 g/mol. The summed E-state index contributed by atoms with van der Waals surface area (Å²) in [5.41, 5.74) is 2.34. The number of nitrogens with one attached hydrogen (secondary N) is 1. The van der Waals surface area contributed by atoms with Gasteiger partial charge in [0.2, 0.25) is 0 Å². The first-order valence-corrected chi connectivity index (χ1v) is 6.49. The highest BCUT2D eigenvalue weighted by molar-refractivity contribution is 6.31. The van der Waals surface area contributed by atoms with Gasteiger partial charge >= 0.3 is 0 Å². The Labute approximate surface area is 124 Å². The fourth-order valence-electron chi connectivity index (χ4n) is 2.03. The maximum Gasteiger partial charge on any atom is 0.300 e. The van der Waals surface area contributed by atoms with E-state index in [1.807, 2.05) is 0 Å². The van der Waals surface area contributed by atoms with Crippen molar-refractivity contribution in [2.45, 2.75) is 6.92 Å². The van der Waals surface area contributed by atoms with Gasteiger partial charge in [-0.25, -0.2) is 0 Å². The topological polar surface area (TPSA) is 81.2 Å². The van der Waals surface area contributed by atoms with Gasteiger partial charge < -0.3 is 9.73 Å². The van der Waals surface area contributed by atoms with E-state index in [0.717, 1.165) is 0 Å². The van der Waals surface area contributed by atoms with Crippen LogP contribution in [-0.4, -0.2) is 9.91 Å². The first-order valence-electron chi connectivity index (χ1n) is 6.12. The molecule has 1 aromatic heterocycles. The van der Waals surface area contributed by atoms with Crippen LogP contribution in [0.2, 0.25) is 5.02 Å². The summed E-state index contributed by atoms with van der Waals surface area (Å²) in [5.74, 6) is 0. The van der Waals surface area contributed by atoms with E-state index < -0.39 is 4.92 Å². The van der Waals surface area contributed by atoms with E-state index in [0.29, 0.717) is 27.4 Å². The second-order valence-electron chi connectivity index (χ2n) is 4.46. The molecule has 0 saturated carbocycles. The predicted molar refractivity (Wildman–Crippen MR) is 80.1 cm³/mol. The van der Waals surface area contributed by atoms with E-state index in [-0.39, 0.29) is 11.7 Å². The van der Waals surface area contributed by atoms with Crippen LogP contribution in [0.15, 0.2) is 40.8 Å². The predicted octanol–water partition coefficient (Wildman–Crippen LogP) is 4.44. The number of halogens is 1. The lowest BCUT2D eigenvalue weighted by Gasteiger charge is -2.05. The molecule has 106 valence electrons. The molecule has 0 fully saturated rings. The Morgan fingerprint density at radius 2 is 2.14 bits per heavy atom. The molecule has 0 spiro atoms. The minimum atomic E-state index is -0.424. The van der Waals surface area contributed by atoms with Crippen LogP contribution in [0.5, 0.6) is 0 Å². The molecule has 21 heavy (non-hydrogen) atoms. The van der Waals surface area contributed by atoms with Crippen LogP contribution >= 0.6 is 11.6 Å². The Balaban J connectivity index is 1.98. The fraction of sp³-hybridized carbons (Fsp3) is 0.0714. The number of anilines is 2. The summed E-state index contributed by atoms with van der Waals surface area (Å²) in [6.07, 6.45) is 0. The third-order valence-electron chi connectivity index (χ3n) is 3.09. The van der Waals surface area contributed by atoms with Crippen molar-refractivity contribution in [1.29, 1.82) is 0 Å². The van der Waals surface area contributed by atoms with Gasteiger partial charge in [-0.15, -0.1) is 0 Å². The summed E-state index contributed by atoms with van der Waals surface area (Å²) in [6.45, 7) is 1.67. The summed E-state index contributed by atoms with van der Waals surface area (Å²) in [7, 11) is 0. The van der Waals surface area contributed by atoms with Gasteiger partial charge in [-0.2, -0.15) is 4.98 Å². The Hall–Kier alpha value is -2.60. The molecule has 0 aliphatic carbocycles. The minimum absolute atomic E-state index is 0.0409. The van der Waals surface area contributed by atoms with E-state index in [4.69, 9.17) is 16.0 Å². The first-order chi connectivity index (χ1) is 10.0. The second-order valence-corrected chi connectivity index (χ2v) is 4.90. The number of hydrogen-bond acceptors (Lipinski definition) is 5. The highest BCUT2D eigenvalue weighted by atomic mass is 35.5. The second kappa shape index (κ2) is 5.06. The number of nitrogens with zero attached hydrogens (tertiary/aromatic N) is 2. The third kappa shape index (κ3) is 2.53. The van der Waals surface area contributed by atoms with Crippen molar-refractivity contribution in [2.75, 3.05) is 5.32 Å². The van der Waals surface area contributed by atoms with E-state index >= 15 is 0 Å². The maximum absolute atomic E-state index is 10.9. The van der Waals surface area contributed by atoms with Gasteiger partial charge in [-0.05, 0) is 31.2 Å². The van der Waals surface area contributed by atoms with Crippen molar-refractivity contribution in [3.63, 3.8) is 0 Å². The molecule has 0 radical (unpaired) electrons. The van der Waals surface area contributed by atoms with Crippen LogP contribution < -0.4 is 5.32 Å². The summed E-state index contributed by atoms with van der Waals surface area (Å²) < 4.78 is 5.53. The molecular weight excluding hydrogens is 294 g/mol. The zero-order valence-electron chi connectivity index (χ0n) is 11.0. The normalized spacial score (nSPS) is 10.8. The van der Waals surface area contributed by atoms with Crippen molar-refractivity contribution in [1.82, 2.24) is 4.98 Å². The Kier molecular flexibility index (Phi) is 3.23. The molecule has 7 heteroatoms. The molecule has 6 nitrogen and oxygen atoms in total. The molecule has 2 aromatic carbocycles. The standard InChI is InChI=1S/C14H10ClN3O3/c1-8-10(3-2-4-12(8)18(19)20)16-14-17-11-7-9(15)5-6-13(11)21-14/h2-7H,1H3,(H,16,17). The summed E-state index contributed by atoms with van der Waals surface area (Å²) in [5, 5.41) is 14.4. The van der Waals surface area contributed by atoms with Gasteiger partial charge in [0.25, 0.3) is 11.7 Å². The molecule has 1 N–H and O–H groups in total. The van der Waals surface area contributed by atoms with Crippen molar-refractivity contribution < 1.29 is 9.34 Å². The third-order valence-corrected chi connectivity index (χ3v) is 3.33. The Morgan fingerprint density at radius 3 is 2.90 bits per heavy atom. The van der Waals surface area contributed by atoms with Crippen molar-refractivity contribution in [3.05, 3.63) is 57.1 Å². The Bertz CT molecular complexity index is 845. The van der Waals surface area contributed by atoms with E-state index in [2.05, 4.69) is 10.3 Å². The number of rotatable bonds is 3. The molecule has 3 rings (SSSR count). The number of aromatic nitrogens is 1. The number of hydrogen-bond donors (Lipinski definition) is 1. The number of oxazole rings is 1. The highest BCUT2D eigenvalue weighted by Crippen LogP contribution is 2.29. The van der Waals surface area contributed by atoms with Crippen LogP contribution in [0.25, 0.3) is 11.1 Å². The molecule has 1 heterocycles. The van der Waals surface area contributed by atoms with Gasteiger partial charge in [-0.3, -0.25) is 10.1 Å². The number of fused-ring (bicyclic) bond motifs is 1. The molecule has 0 saturated heterocycles. The maximum atomic E-state index is 10.9. The van der Waals surface area contributed by atoms with Crippen molar-refractivity contribution in [3.8, 4) is 0 Å². The Morgan fingerprint density at radius 1 is 1.33 bits per heavy atom. The molecule has 0 amide bonds. The van der Waals surface area contributed by atoms with E-state index in [1.165, 1.54) is 6.07 Å². The molecule has 3 aromatic rings. The van der Waals surface area contributed by atoms with Gasteiger partial charge in [0.05, 0.1) is 16.2 Å². The molecular formula is C14H10ClN3O3. The summed E-state index contributed by atoms with van der Waals surface area (Å²) in [4.78, 5) is 14.8. The van der Waals surface area contributed by atoms with Gasteiger partial charge in [0, 0.05) is 11.1 Å². The average Bonchev–Trinajstić information content (AvgIpc) is 2.82. The quantitative estimate of drug-likeness (QED) is 0.571. The van der Waals surface area contributed by atoms with E-state index in [1.54, 1.807) is 37.3 Å². The van der Waals surface area contributed by atoms with Crippen LogP contribution in [0.3, 0.4) is 0 Å². The zero-order chi connectivity index (χ0) is 15.0. The molecule has 0 aliphatic rings. The summed E-state index contributed by atoms with van der Waals surface area (Å²) in [6, 6.07) is 10.2. The van der Waals surface area contributed by atoms with E-state index in [9.17, 15) is 10.1 Å². The smallest absolute Gasteiger partial charge is 0.300 e. The molecule has 0 bridgehead atoms. The lowest BCUT2D eigenvalue weighted by Crippen LogP contribution is -1.97. The number of nitro benzene ring substituents is 1. The van der Waals surface area contributed by atoms with Crippen LogP contribution in [-0.2, 0) is 0 Å². The SMILES string of the molecule is Cc1c(Nc2nc3cc(Cl)ccc3o2)cccc1[N+](=O)[O-]. The van der Waals surface area contributed by atoms with Crippen LogP contribution in [0.4, 0.5) is 17.4 Å². The lowest BCUT2D eigenvalue weighted by atomic mass is 10.1. The minimum Gasteiger partial charge on any atom is -0.423 e. The van der Waals surface area contributed by atoms with Crippen molar-refractivity contribution in [2.24, 2.45) is 0 Å². The van der Waals surface area contributed by atoms with Gasteiger partial charge in [-0.1, -0.05) is 17.7 Å². The number of benzene rings is 2. The molecule has 0 atom stereocenters. The zero-order valence-corrected chi connectivity index (χ0v) is 11.7. The number of nitro groups is 1. The molecule has 0 unspecified atom stereocenters. The molecule has 0 aliphatic heterocycles. The average molecular weight is 304 g/mol. The van der Waals surface area contributed by atoms with Gasteiger partial charge in [0.15, 0.2) is 5.58 Å². The first kappa shape index (κ1) is 13.4. The van der Waals surface area contributed by atoms with Gasteiger partial charge in [0.1, 0.15) is 5.52 Å².